The topological polar surface area (TPSA) is 49.0 Å². The third-order valence-electron chi connectivity index (χ3n) is 6.43. The van der Waals surface area contributed by atoms with Crippen LogP contribution >= 0.6 is 0 Å². The molecule has 1 aliphatic heterocycles. The Labute approximate surface area is 196 Å². The van der Waals surface area contributed by atoms with Crippen LogP contribution in [0.5, 0.6) is 0 Å². The highest BCUT2D eigenvalue weighted by molar-refractivity contribution is 5.66. The summed E-state index contributed by atoms with van der Waals surface area (Å²) in [5.41, 5.74) is 1.41. The zero-order valence-corrected chi connectivity index (χ0v) is 19.2. The maximum Gasteiger partial charge on any atom is 0.417 e. The first-order chi connectivity index (χ1) is 16.2. The molecule has 1 saturated heterocycles. The van der Waals surface area contributed by atoms with E-state index >= 15 is 0 Å². The summed E-state index contributed by atoms with van der Waals surface area (Å²) in [6, 6.07) is 15.4. The maximum atomic E-state index is 13.8. The highest BCUT2D eigenvalue weighted by Crippen LogP contribution is 2.34. The third kappa shape index (κ3) is 4.72. The van der Waals surface area contributed by atoms with Crippen molar-refractivity contribution in [3.63, 3.8) is 0 Å². The molecule has 176 valence electrons. The number of alkyl halides is 3. The molecule has 0 spiro atoms. The molecule has 0 atom stereocenters. The predicted molar refractivity (Wildman–Crippen MR) is 127 cm³/mol. The van der Waals surface area contributed by atoms with E-state index in [1.165, 1.54) is 17.1 Å². The van der Waals surface area contributed by atoms with Gasteiger partial charge in [0.2, 0.25) is 0 Å². The fourth-order valence-corrected chi connectivity index (χ4v) is 4.56. The van der Waals surface area contributed by atoms with Gasteiger partial charge in [0.25, 0.3) is 5.56 Å². The summed E-state index contributed by atoms with van der Waals surface area (Å²) in [5.74, 6) is 0. The van der Waals surface area contributed by atoms with Gasteiger partial charge in [-0.15, -0.1) is 0 Å². The van der Waals surface area contributed by atoms with E-state index in [0.717, 1.165) is 54.4 Å². The summed E-state index contributed by atoms with van der Waals surface area (Å²) in [5, 5.41) is 9.42. The van der Waals surface area contributed by atoms with E-state index in [1.54, 1.807) is 12.1 Å². The summed E-state index contributed by atoms with van der Waals surface area (Å²) >= 11 is 0. The number of piperidine rings is 1. The lowest BCUT2D eigenvalue weighted by Gasteiger charge is -2.29. The predicted octanol–water partition coefficient (Wildman–Crippen LogP) is 6.06. The fourth-order valence-electron chi connectivity index (χ4n) is 4.56. The molecule has 0 amide bonds. The van der Waals surface area contributed by atoms with E-state index in [1.807, 2.05) is 44.2 Å². The molecule has 0 unspecified atom stereocenters. The Bertz CT molecular complexity index is 1290. The Kier molecular flexibility index (Phi) is 6.52. The molecule has 1 aromatic heterocycles. The number of halogens is 3. The van der Waals surface area contributed by atoms with Crippen LogP contribution < -0.4 is 10.5 Å². The first-order valence-corrected chi connectivity index (χ1v) is 11.4. The first-order valence-electron chi connectivity index (χ1n) is 11.4. The average molecular weight is 466 g/mol. The van der Waals surface area contributed by atoms with Crippen LogP contribution in [0.2, 0.25) is 0 Å². The fraction of sp³-hybridized carbons (Fsp3) is 0.333. The summed E-state index contributed by atoms with van der Waals surface area (Å²) in [6.45, 7) is 5.82. The van der Waals surface area contributed by atoms with Crippen molar-refractivity contribution in [2.45, 2.75) is 45.8 Å². The number of pyridine rings is 1. The SMILES string of the molecule is Cc1ccc(Cn2c(-c3ccc(N4CCCCC4)cc3)cc(C(F)(F)F)c(C#N)c2=O)c(C)c1. The summed E-state index contributed by atoms with van der Waals surface area (Å²) in [6.07, 6.45) is -1.39. The van der Waals surface area contributed by atoms with Crippen LogP contribution in [0, 0.1) is 25.2 Å². The van der Waals surface area contributed by atoms with Gasteiger partial charge in [-0.3, -0.25) is 4.79 Å². The number of aromatic nitrogens is 1. The molecule has 0 bridgehead atoms. The van der Waals surface area contributed by atoms with E-state index in [2.05, 4.69) is 4.90 Å². The van der Waals surface area contributed by atoms with Crippen LogP contribution in [0.15, 0.2) is 53.3 Å². The van der Waals surface area contributed by atoms with Crippen molar-refractivity contribution in [3.8, 4) is 17.3 Å². The van der Waals surface area contributed by atoms with E-state index in [0.29, 0.717) is 5.56 Å². The molecular weight excluding hydrogens is 439 g/mol. The zero-order valence-electron chi connectivity index (χ0n) is 19.2. The average Bonchev–Trinajstić information content (AvgIpc) is 2.81. The maximum absolute atomic E-state index is 13.8. The molecule has 7 heteroatoms. The van der Waals surface area contributed by atoms with Gasteiger partial charge < -0.3 is 9.47 Å². The van der Waals surface area contributed by atoms with Crippen molar-refractivity contribution < 1.29 is 13.2 Å². The van der Waals surface area contributed by atoms with Gasteiger partial charge in [0.1, 0.15) is 11.6 Å². The normalized spacial score (nSPS) is 14.2. The van der Waals surface area contributed by atoms with Gasteiger partial charge in [-0.05, 0) is 68.0 Å². The van der Waals surface area contributed by atoms with Crippen LogP contribution in [0.3, 0.4) is 0 Å². The third-order valence-corrected chi connectivity index (χ3v) is 6.43. The second-order valence-corrected chi connectivity index (χ2v) is 8.84. The molecule has 4 nitrogen and oxygen atoms in total. The van der Waals surface area contributed by atoms with Crippen LogP contribution in [0.25, 0.3) is 11.3 Å². The monoisotopic (exact) mass is 465 g/mol. The number of benzene rings is 2. The standard InChI is InChI=1S/C27H26F3N3O/c1-18-6-7-21(19(2)14-18)17-33-25(15-24(27(28,29)30)23(16-31)26(33)34)20-8-10-22(11-9-20)32-12-4-3-5-13-32/h6-11,14-15H,3-5,12-13,17H2,1-2H3. The number of nitriles is 1. The molecule has 0 saturated carbocycles. The molecular formula is C27H26F3N3O. The van der Waals surface area contributed by atoms with E-state index in [9.17, 15) is 23.2 Å². The van der Waals surface area contributed by atoms with Crippen LogP contribution in [-0.4, -0.2) is 17.7 Å². The van der Waals surface area contributed by atoms with Crippen molar-refractivity contribution >= 4 is 5.69 Å². The van der Waals surface area contributed by atoms with Gasteiger partial charge >= 0.3 is 6.18 Å². The number of hydrogen-bond acceptors (Lipinski definition) is 3. The smallest absolute Gasteiger partial charge is 0.372 e. The van der Waals surface area contributed by atoms with Crippen molar-refractivity contribution in [2.24, 2.45) is 0 Å². The first kappa shape index (κ1) is 23.6. The lowest BCUT2D eigenvalue weighted by atomic mass is 10.0. The summed E-state index contributed by atoms with van der Waals surface area (Å²) < 4.78 is 42.6. The Morgan fingerprint density at radius 3 is 2.24 bits per heavy atom. The highest BCUT2D eigenvalue weighted by Gasteiger charge is 2.36. The Morgan fingerprint density at radius 1 is 0.971 bits per heavy atom. The summed E-state index contributed by atoms with van der Waals surface area (Å²) in [7, 11) is 0. The van der Waals surface area contributed by atoms with Crippen LogP contribution in [-0.2, 0) is 12.7 Å². The molecule has 2 aromatic carbocycles. The van der Waals surface area contributed by atoms with Crippen LogP contribution in [0.4, 0.5) is 18.9 Å². The molecule has 0 radical (unpaired) electrons. The quantitative estimate of drug-likeness (QED) is 0.471. The van der Waals surface area contributed by atoms with Gasteiger partial charge in [0.05, 0.1) is 17.8 Å². The Hall–Kier alpha value is -3.53. The minimum Gasteiger partial charge on any atom is -0.372 e. The molecule has 0 aliphatic carbocycles. The van der Waals surface area contributed by atoms with Gasteiger partial charge in [-0.1, -0.05) is 35.9 Å². The number of hydrogen-bond donors (Lipinski definition) is 0. The van der Waals surface area contributed by atoms with E-state index < -0.39 is 22.9 Å². The van der Waals surface area contributed by atoms with Crippen molar-refractivity contribution in [2.75, 3.05) is 18.0 Å². The molecule has 4 rings (SSSR count). The lowest BCUT2D eigenvalue weighted by molar-refractivity contribution is -0.137. The number of aryl methyl sites for hydroxylation is 2. The Balaban J connectivity index is 1.86. The van der Waals surface area contributed by atoms with Gasteiger partial charge in [-0.2, -0.15) is 18.4 Å². The summed E-state index contributed by atoms with van der Waals surface area (Å²) in [4.78, 5) is 15.5. The minimum absolute atomic E-state index is 0.0704. The lowest BCUT2D eigenvalue weighted by Crippen LogP contribution is -2.29. The molecule has 0 N–H and O–H groups in total. The van der Waals surface area contributed by atoms with Gasteiger partial charge in [0.15, 0.2) is 0 Å². The molecule has 1 aliphatic rings. The van der Waals surface area contributed by atoms with E-state index in [-0.39, 0.29) is 12.2 Å². The largest absolute Gasteiger partial charge is 0.417 e. The van der Waals surface area contributed by atoms with Gasteiger partial charge in [-0.25, -0.2) is 0 Å². The number of anilines is 1. The highest BCUT2D eigenvalue weighted by atomic mass is 19.4. The van der Waals surface area contributed by atoms with Crippen molar-refractivity contribution in [1.29, 1.82) is 5.26 Å². The second-order valence-electron chi connectivity index (χ2n) is 8.84. The molecule has 3 aromatic rings. The minimum atomic E-state index is -4.81. The van der Waals surface area contributed by atoms with Crippen molar-refractivity contribution in [3.05, 3.63) is 86.7 Å². The second kappa shape index (κ2) is 9.38. The molecule has 2 heterocycles. The number of nitrogens with zero attached hydrogens (tertiary/aromatic N) is 3. The number of rotatable bonds is 4. The van der Waals surface area contributed by atoms with Gasteiger partial charge in [0, 0.05) is 18.8 Å². The molecule has 1 fully saturated rings. The van der Waals surface area contributed by atoms with Crippen LogP contribution in [0.1, 0.15) is 47.1 Å². The van der Waals surface area contributed by atoms with Crippen molar-refractivity contribution in [1.82, 2.24) is 4.57 Å². The Morgan fingerprint density at radius 2 is 1.65 bits per heavy atom. The van der Waals surface area contributed by atoms with E-state index in [4.69, 9.17) is 0 Å². The molecule has 34 heavy (non-hydrogen) atoms. The zero-order chi connectivity index (χ0) is 24.5.